The number of morpholine rings is 1. The van der Waals surface area contributed by atoms with Crippen molar-refractivity contribution in [1.82, 2.24) is 10.6 Å². The molecule has 1 aliphatic heterocycles. The lowest BCUT2D eigenvalue weighted by atomic mass is 10.0. The van der Waals surface area contributed by atoms with Gasteiger partial charge in [-0.1, -0.05) is 19.1 Å². The normalized spacial score (nSPS) is 20.2. The van der Waals surface area contributed by atoms with Gasteiger partial charge in [0.15, 0.2) is 0 Å². The van der Waals surface area contributed by atoms with Gasteiger partial charge in [0.1, 0.15) is 11.9 Å². The molecule has 1 amide bonds. The van der Waals surface area contributed by atoms with Crippen molar-refractivity contribution in [2.24, 2.45) is 0 Å². The second-order valence-electron chi connectivity index (χ2n) is 4.81. The first-order chi connectivity index (χ1) is 9.74. The van der Waals surface area contributed by atoms with Crippen LogP contribution in [0.1, 0.15) is 24.9 Å². The summed E-state index contributed by atoms with van der Waals surface area (Å²) in [6, 6.07) is 7.77. The molecule has 1 saturated heterocycles. The molecule has 0 radical (unpaired) electrons. The van der Waals surface area contributed by atoms with Gasteiger partial charge in [-0.25, -0.2) is 0 Å². The quantitative estimate of drug-likeness (QED) is 0.851. The van der Waals surface area contributed by atoms with E-state index in [4.69, 9.17) is 9.47 Å². The van der Waals surface area contributed by atoms with Gasteiger partial charge in [0, 0.05) is 13.1 Å². The van der Waals surface area contributed by atoms with Crippen LogP contribution in [0.3, 0.4) is 0 Å². The molecule has 2 rings (SSSR count). The minimum Gasteiger partial charge on any atom is -0.497 e. The Morgan fingerprint density at radius 3 is 2.80 bits per heavy atom. The fourth-order valence-electron chi connectivity index (χ4n) is 2.26. The molecule has 1 aliphatic rings. The Bertz CT molecular complexity index is 427. The molecule has 1 heterocycles. The van der Waals surface area contributed by atoms with Crippen LogP contribution in [0, 0.1) is 0 Å². The third kappa shape index (κ3) is 3.71. The highest BCUT2D eigenvalue weighted by molar-refractivity contribution is 5.81. The molecule has 20 heavy (non-hydrogen) atoms. The zero-order valence-electron chi connectivity index (χ0n) is 12.0. The highest BCUT2D eigenvalue weighted by Gasteiger charge is 2.24. The van der Waals surface area contributed by atoms with E-state index in [1.807, 2.05) is 24.3 Å². The van der Waals surface area contributed by atoms with Crippen molar-refractivity contribution in [3.8, 4) is 5.75 Å². The molecule has 1 aromatic rings. The van der Waals surface area contributed by atoms with Gasteiger partial charge in [-0.15, -0.1) is 0 Å². The van der Waals surface area contributed by atoms with Crippen molar-refractivity contribution in [2.75, 3.05) is 26.8 Å². The van der Waals surface area contributed by atoms with Gasteiger partial charge < -0.3 is 20.1 Å². The van der Waals surface area contributed by atoms with Crippen molar-refractivity contribution in [3.63, 3.8) is 0 Å². The van der Waals surface area contributed by atoms with Gasteiger partial charge in [0.05, 0.1) is 19.8 Å². The average Bonchev–Trinajstić information content (AvgIpc) is 2.53. The van der Waals surface area contributed by atoms with Crippen molar-refractivity contribution in [3.05, 3.63) is 29.8 Å². The number of ether oxygens (including phenoxy) is 2. The summed E-state index contributed by atoms with van der Waals surface area (Å²) in [6.45, 7) is 4.01. The van der Waals surface area contributed by atoms with E-state index in [2.05, 4.69) is 17.6 Å². The summed E-state index contributed by atoms with van der Waals surface area (Å²) in [5.74, 6) is 0.759. The van der Waals surface area contributed by atoms with Gasteiger partial charge in [-0.3, -0.25) is 4.79 Å². The van der Waals surface area contributed by atoms with E-state index in [0.29, 0.717) is 13.2 Å². The molecule has 0 bridgehead atoms. The van der Waals surface area contributed by atoms with Gasteiger partial charge in [0.2, 0.25) is 0 Å². The van der Waals surface area contributed by atoms with Gasteiger partial charge >= 0.3 is 0 Å². The number of nitrogens with one attached hydrogen (secondary N) is 2. The molecule has 110 valence electrons. The molecule has 0 aliphatic carbocycles. The Kier molecular flexibility index (Phi) is 5.38. The molecular formula is C15H22N2O3. The summed E-state index contributed by atoms with van der Waals surface area (Å²) in [7, 11) is 1.64. The summed E-state index contributed by atoms with van der Waals surface area (Å²) in [5, 5.41) is 6.20. The number of carbonyl (C=O) groups excluding carboxylic acids is 1. The van der Waals surface area contributed by atoms with Crippen molar-refractivity contribution in [2.45, 2.75) is 25.5 Å². The molecule has 2 atom stereocenters. The van der Waals surface area contributed by atoms with Crippen LogP contribution in [-0.4, -0.2) is 38.8 Å². The number of methoxy groups -OCH3 is 1. The van der Waals surface area contributed by atoms with Gasteiger partial charge in [-0.05, 0) is 24.1 Å². The van der Waals surface area contributed by atoms with E-state index in [-0.39, 0.29) is 11.9 Å². The molecule has 5 nitrogen and oxygen atoms in total. The fraction of sp³-hybridized carbons (Fsp3) is 0.533. The maximum Gasteiger partial charge on any atom is 0.250 e. The standard InChI is InChI=1S/C15H22N2O3/c1-3-13(11-4-6-12(19-2)7-5-11)17-15(18)14-10-16-8-9-20-14/h4-7,13-14,16H,3,8-10H2,1-2H3,(H,17,18). The molecule has 2 unspecified atom stereocenters. The summed E-state index contributed by atoms with van der Waals surface area (Å²) < 4.78 is 10.6. The van der Waals surface area contributed by atoms with Crippen LogP contribution >= 0.6 is 0 Å². The Morgan fingerprint density at radius 1 is 1.50 bits per heavy atom. The van der Waals surface area contributed by atoms with E-state index in [9.17, 15) is 4.79 Å². The Hall–Kier alpha value is -1.59. The SMILES string of the molecule is CCC(NC(=O)C1CNCCO1)c1ccc(OC)cc1. The zero-order chi connectivity index (χ0) is 14.4. The zero-order valence-corrected chi connectivity index (χ0v) is 12.0. The van der Waals surface area contributed by atoms with Crippen LogP contribution < -0.4 is 15.4 Å². The van der Waals surface area contributed by atoms with E-state index >= 15 is 0 Å². The predicted octanol–water partition coefficient (Wildman–Crippen LogP) is 1.25. The first-order valence-electron chi connectivity index (χ1n) is 7.01. The highest BCUT2D eigenvalue weighted by atomic mass is 16.5. The average molecular weight is 278 g/mol. The van der Waals surface area contributed by atoms with Crippen LogP contribution in [0.15, 0.2) is 24.3 Å². The van der Waals surface area contributed by atoms with Crippen molar-refractivity contribution < 1.29 is 14.3 Å². The molecule has 1 fully saturated rings. The topological polar surface area (TPSA) is 59.6 Å². The van der Waals surface area contributed by atoms with E-state index in [0.717, 1.165) is 24.3 Å². The minimum atomic E-state index is -0.393. The molecule has 0 aromatic heterocycles. The number of hydrogen-bond acceptors (Lipinski definition) is 4. The molecule has 5 heteroatoms. The summed E-state index contributed by atoms with van der Waals surface area (Å²) in [6.07, 6.45) is 0.439. The second kappa shape index (κ2) is 7.26. The molecular weight excluding hydrogens is 256 g/mol. The maximum atomic E-state index is 12.2. The largest absolute Gasteiger partial charge is 0.497 e. The Labute approximate surface area is 119 Å². The number of carbonyl (C=O) groups is 1. The Morgan fingerprint density at radius 2 is 2.25 bits per heavy atom. The highest BCUT2D eigenvalue weighted by Crippen LogP contribution is 2.20. The lowest BCUT2D eigenvalue weighted by Gasteiger charge is -2.25. The Balaban J connectivity index is 1.98. The van der Waals surface area contributed by atoms with Crippen LogP contribution in [0.25, 0.3) is 0 Å². The molecule has 0 spiro atoms. The lowest BCUT2D eigenvalue weighted by molar-refractivity contribution is -0.135. The van der Waals surface area contributed by atoms with Crippen LogP contribution in [0.4, 0.5) is 0 Å². The maximum absolute atomic E-state index is 12.2. The van der Waals surface area contributed by atoms with Crippen LogP contribution in [0.2, 0.25) is 0 Å². The van der Waals surface area contributed by atoms with E-state index < -0.39 is 6.10 Å². The summed E-state index contributed by atoms with van der Waals surface area (Å²) in [4.78, 5) is 12.2. The molecule has 0 saturated carbocycles. The van der Waals surface area contributed by atoms with E-state index in [1.165, 1.54) is 0 Å². The van der Waals surface area contributed by atoms with Crippen molar-refractivity contribution >= 4 is 5.91 Å². The first kappa shape index (κ1) is 14.8. The predicted molar refractivity (Wildman–Crippen MR) is 76.8 cm³/mol. The number of rotatable bonds is 5. The monoisotopic (exact) mass is 278 g/mol. The number of hydrogen-bond donors (Lipinski definition) is 2. The van der Waals surface area contributed by atoms with Crippen LogP contribution in [0.5, 0.6) is 5.75 Å². The smallest absolute Gasteiger partial charge is 0.250 e. The fourth-order valence-corrected chi connectivity index (χ4v) is 2.26. The van der Waals surface area contributed by atoms with Gasteiger partial charge in [-0.2, -0.15) is 0 Å². The summed E-state index contributed by atoms with van der Waals surface area (Å²) in [5.41, 5.74) is 1.07. The van der Waals surface area contributed by atoms with E-state index in [1.54, 1.807) is 7.11 Å². The third-order valence-corrected chi connectivity index (χ3v) is 3.46. The van der Waals surface area contributed by atoms with Crippen LogP contribution in [-0.2, 0) is 9.53 Å². The molecule has 1 aromatic carbocycles. The first-order valence-corrected chi connectivity index (χ1v) is 7.01. The third-order valence-electron chi connectivity index (χ3n) is 3.46. The molecule has 2 N–H and O–H groups in total. The van der Waals surface area contributed by atoms with Crippen molar-refractivity contribution in [1.29, 1.82) is 0 Å². The van der Waals surface area contributed by atoms with Gasteiger partial charge in [0.25, 0.3) is 5.91 Å². The second-order valence-corrected chi connectivity index (χ2v) is 4.81. The number of amides is 1. The summed E-state index contributed by atoms with van der Waals surface area (Å²) >= 11 is 0. The lowest BCUT2D eigenvalue weighted by Crippen LogP contribution is -2.48. The number of benzene rings is 1. The minimum absolute atomic E-state index is 0.000988.